The summed E-state index contributed by atoms with van der Waals surface area (Å²) in [6.45, 7) is 3.67. The first-order valence-electron chi connectivity index (χ1n) is 7.16. The van der Waals surface area contributed by atoms with Gasteiger partial charge in [-0.05, 0) is 34.1 Å². The molecule has 0 spiro atoms. The van der Waals surface area contributed by atoms with Crippen molar-refractivity contribution < 1.29 is 9.59 Å². The molecule has 0 amide bonds. The van der Waals surface area contributed by atoms with E-state index in [1.54, 1.807) is 42.5 Å². The van der Waals surface area contributed by atoms with Gasteiger partial charge in [0.2, 0.25) is 0 Å². The van der Waals surface area contributed by atoms with Gasteiger partial charge in [-0.2, -0.15) is 0 Å². The molecular weight excluding hydrogens is 399 g/mol. The van der Waals surface area contributed by atoms with Gasteiger partial charge in [0.1, 0.15) is 0 Å². The van der Waals surface area contributed by atoms with Gasteiger partial charge in [-0.1, -0.05) is 61.3 Å². The third kappa shape index (κ3) is 6.09. The van der Waals surface area contributed by atoms with E-state index in [1.165, 1.54) is 0 Å². The zero-order chi connectivity index (χ0) is 17.4. The lowest BCUT2D eigenvalue weighted by Gasteiger charge is -2.02. The third-order valence-corrected chi connectivity index (χ3v) is 4.67. The largest absolute Gasteiger partial charge is 0.294 e. The minimum Gasteiger partial charge on any atom is -0.294 e. The van der Waals surface area contributed by atoms with E-state index >= 15 is 0 Å². The maximum absolute atomic E-state index is 11.3. The Morgan fingerprint density at radius 3 is 2.13 bits per heavy atom. The summed E-state index contributed by atoms with van der Waals surface area (Å²) in [5, 5.41) is 1.19. The average molecular weight is 416 g/mol. The fourth-order valence-electron chi connectivity index (χ4n) is 1.78. The molecule has 2 aromatic rings. The molecule has 2 rings (SSSR count). The first kappa shape index (κ1) is 19.9. The monoisotopic (exact) mass is 414 g/mol. The number of hydrogen-bond acceptors (Lipinski definition) is 2. The summed E-state index contributed by atoms with van der Waals surface area (Å²) in [7, 11) is 0. The highest BCUT2D eigenvalue weighted by Gasteiger charge is 2.09. The molecule has 0 saturated heterocycles. The summed E-state index contributed by atoms with van der Waals surface area (Å²) in [5.41, 5.74) is 1.35. The Morgan fingerprint density at radius 2 is 1.57 bits per heavy atom. The topological polar surface area (TPSA) is 34.1 Å². The van der Waals surface area contributed by atoms with Crippen molar-refractivity contribution in [2.45, 2.75) is 26.7 Å². The second-order valence-corrected chi connectivity index (χ2v) is 6.30. The third-order valence-electron chi connectivity index (χ3n) is 3.04. The summed E-state index contributed by atoms with van der Waals surface area (Å²) in [5.74, 6) is 0.233. The molecule has 0 unspecified atom stereocenters. The molecule has 0 atom stereocenters. The number of benzene rings is 2. The van der Waals surface area contributed by atoms with E-state index < -0.39 is 0 Å². The zero-order valence-electron chi connectivity index (χ0n) is 12.9. The summed E-state index contributed by atoms with van der Waals surface area (Å²) in [6.07, 6.45) is 1.03. The number of rotatable bonds is 4. The molecule has 2 aromatic carbocycles. The lowest BCUT2D eigenvalue weighted by molar-refractivity contribution is 0.0980. The summed E-state index contributed by atoms with van der Waals surface area (Å²) in [6, 6.07) is 12.3. The van der Waals surface area contributed by atoms with Gasteiger partial charge >= 0.3 is 0 Å². The van der Waals surface area contributed by atoms with Crippen LogP contribution >= 0.6 is 39.1 Å². The molecule has 0 aromatic heterocycles. The van der Waals surface area contributed by atoms with Crippen molar-refractivity contribution in [2.24, 2.45) is 0 Å². The Balaban J connectivity index is 0.000000231. The SMILES string of the molecule is CCC(=O)c1cccc(Cl)c1.CCC(=O)c1cccc(Cl)c1Br. The van der Waals surface area contributed by atoms with Gasteiger partial charge in [0.15, 0.2) is 11.6 Å². The molecule has 122 valence electrons. The van der Waals surface area contributed by atoms with E-state index in [1.807, 2.05) is 13.8 Å². The van der Waals surface area contributed by atoms with E-state index in [-0.39, 0.29) is 11.6 Å². The van der Waals surface area contributed by atoms with Crippen molar-refractivity contribution in [1.82, 2.24) is 0 Å². The Morgan fingerprint density at radius 1 is 0.957 bits per heavy atom. The van der Waals surface area contributed by atoms with Crippen LogP contribution < -0.4 is 0 Å². The lowest BCUT2D eigenvalue weighted by atomic mass is 10.1. The van der Waals surface area contributed by atoms with Crippen LogP contribution in [0.5, 0.6) is 0 Å². The lowest BCUT2D eigenvalue weighted by Crippen LogP contribution is -1.97. The summed E-state index contributed by atoms with van der Waals surface area (Å²) >= 11 is 14.8. The molecule has 0 radical (unpaired) electrons. The normalized spacial score (nSPS) is 9.78. The number of Topliss-reactive ketones (excluding diaryl/α,β-unsaturated/α-hetero) is 2. The molecule has 0 fully saturated rings. The maximum atomic E-state index is 11.3. The van der Waals surface area contributed by atoms with Crippen LogP contribution in [0.25, 0.3) is 0 Å². The van der Waals surface area contributed by atoms with Gasteiger partial charge in [-0.15, -0.1) is 0 Å². The van der Waals surface area contributed by atoms with Gasteiger partial charge < -0.3 is 0 Å². The Kier molecular flexibility index (Phi) is 8.53. The van der Waals surface area contributed by atoms with Crippen molar-refractivity contribution in [3.05, 3.63) is 68.1 Å². The van der Waals surface area contributed by atoms with Crippen molar-refractivity contribution in [3.63, 3.8) is 0 Å². The molecule has 0 aliphatic heterocycles. The number of ketones is 2. The van der Waals surface area contributed by atoms with Crippen molar-refractivity contribution in [3.8, 4) is 0 Å². The Bertz CT molecular complexity index is 699. The number of hydrogen-bond donors (Lipinski definition) is 0. The van der Waals surface area contributed by atoms with Crippen LogP contribution in [0.1, 0.15) is 47.4 Å². The molecule has 0 aliphatic carbocycles. The predicted octanol–water partition coefficient (Wildman–Crippen LogP) is 6.63. The van der Waals surface area contributed by atoms with Crippen LogP contribution in [0, 0.1) is 0 Å². The van der Waals surface area contributed by atoms with E-state index in [4.69, 9.17) is 23.2 Å². The fraction of sp³-hybridized carbons (Fsp3) is 0.222. The maximum Gasteiger partial charge on any atom is 0.163 e. The highest BCUT2D eigenvalue weighted by Crippen LogP contribution is 2.26. The van der Waals surface area contributed by atoms with Crippen LogP contribution in [0.4, 0.5) is 0 Å². The quantitative estimate of drug-likeness (QED) is 0.525. The number of carbonyl (C=O) groups excluding carboxylic acids is 2. The van der Waals surface area contributed by atoms with E-state index in [9.17, 15) is 9.59 Å². The second kappa shape index (κ2) is 9.86. The van der Waals surface area contributed by atoms with Crippen LogP contribution in [0.2, 0.25) is 10.0 Å². The molecule has 0 N–H and O–H groups in total. The van der Waals surface area contributed by atoms with Gasteiger partial charge in [0, 0.05) is 33.5 Å². The fourth-order valence-corrected chi connectivity index (χ4v) is 2.63. The van der Waals surface area contributed by atoms with Gasteiger partial charge in [0.25, 0.3) is 0 Å². The second-order valence-electron chi connectivity index (χ2n) is 4.67. The first-order valence-corrected chi connectivity index (χ1v) is 8.71. The van der Waals surface area contributed by atoms with E-state index in [2.05, 4.69) is 15.9 Å². The van der Waals surface area contributed by atoms with E-state index in [0.29, 0.717) is 38.5 Å². The van der Waals surface area contributed by atoms with Crippen LogP contribution in [-0.2, 0) is 0 Å². The highest BCUT2D eigenvalue weighted by atomic mass is 79.9. The van der Waals surface area contributed by atoms with Crippen molar-refractivity contribution in [1.29, 1.82) is 0 Å². The minimum absolute atomic E-state index is 0.101. The number of carbonyl (C=O) groups is 2. The molecule has 0 heterocycles. The smallest absolute Gasteiger partial charge is 0.163 e. The van der Waals surface area contributed by atoms with Crippen LogP contribution in [0.15, 0.2) is 46.9 Å². The number of halogens is 3. The molecule has 5 heteroatoms. The Hall–Kier alpha value is -1.16. The van der Waals surface area contributed by atoms with Gasteiger partial charge in [-0.25, -0.2) is 0 Å². The summed E-state index contributed by atoms with van der Waals surface area (Å²) in [4.78, 5) is 22.4. The van der Waals surface area contributed by atoms with E-state index in [0.717, 1.165) is 0 Å². The minimum atomic E-state index is 0.101. The van der Waals surface area contributed by atoms with Gasteiger partial charge in [-0.3, -0.25) is 9.59 Å². The zero-order valence-corrected chi connectivity index (χ0v) is 16.0. The molecule has 0 saturated carbocycles. The predicted molar refractivity (Wildman–Crippen MR) is 99.8 cm³/mol. The molecule has 0 bridgehead atoms. The summed E-state index contributed by atoms with van der Waals surface area (Å²) < 4.78 is 0.693. The molecule has 23 heavy (non-hydrogen) atoms. The standard InChI is InChI=1S/C9H8BrClO.C9H9ClO/c1-2-8(12)6-4-3-5-7(11)9(6)10;1-2-9(11)7-4-3-5-8(10)6-7/h3-5H,2H2,1H3;3-6H,2H2,1H3. The van der Waals surface area contributed by atoms with Gasteiger partial charge in [0.05, 0.1) is 5.02 Å². The molecule has 2 nitrogen and oxygen atoms in total. The first-order chi connectivity index (χ1) is 10.9. The Labute approximate surface area is 154 Å². The van der Waals surface area contributed by atoms with Crippen LogP contribution in [0.3, 0.4) is 0 Å². The molecular formula is C18H17BrCl2O2. The van der Waals surface area contributed by atoms with Crippen molar-refractivity contribution >= 4 is 50.7 Å². The highest BCUT2D eigenvalue weighted by molar-refractivity contribution is 9.10. The average Bonchev–Trinajstić information content (AvgIpc) is 2.56. The van der Waals surface area contributed by atoms with Crippen molar-refractivity contribution in [2.75, 3.05) is 0 Å². The van der Waals surface area contributed by atoms with Crippen LogP contribution in [-0.4, -0.2) is 11.6 Å². The molecule has 0 aliphatic rings.